The van der Waals surface area contributed by atoms with Gasteiger partial charge < -0.3 is 0 Å². The molecule has 1 unspecified atom stereocenters. The lowest BCUT2D eigenvalue weighted by atomic mass is 10.1. The zero-order chi connectivity index (χ0) is 22.6. The Morgan fingerprint density at radius 2 is 1.94 bits per heavy atom. The Balaban J connectivity index is 1.82. The summed E-state index contributed by atoms with van der Waals surface area (Å²) >= 11 is 1.14. The van der Waals surface area contributed by atoms with E-state index in [1.807, 2.05) is 0 Å². The molecule has 0 spiro atoms. The van der Waals surface area contributed by atoms with Gasteiger partial charge in [-0.2, -0.15) is 18.3 Å². The predicted molar refractivity (Wildman–Crippen MR) is 114 cm³/mol. The summed E-state index contributed by atoms with van der Waals surface area (Å²) in [6, 6.07) is 10.7. The van der Waals surface area contributed by atoms with E-state index in [1.165, 1.54) is 29.2 Å². The number of hydrogen-bond donors (Lipinski definition) is 0. The summed E-state index contributed by atoms with van der Waals surface area (Å²) in [4.78, 5) is 14.2. The second-order valence-corrected chi connectivity index (χ2v) is 7.99. The monoisotopic (exact) mass is 449 g/mol. The van der Waals surface area contributed by atoms with E-state index in [9.17, 15) is 22.4 Å². The summed E-state index contributed by atoms with van der Waals surface area (Å²) in [6.07, 6.45) is -2.78. The third-order valence-corrected chi connectivity index (χ3v) is 5.72. The first-order valence-electron chi connectivity index (χ1n) is 9.32. The van der Waals surface area contributed by atoms with Crippen LogP contribution in [0.3, 0.4) is 0 Å². The summed E-state index contributed by atoms with van der Waals surface area (Å²) < 4.78 is 52.0. The van der Waals surface area contributed by atoms with Gasteiger partial charge in [0, 0.05) is 6.54 Å². The minimum absolute atomic E-state index is 0.126. The van der Waals surface area contributed by atoms with Crippen LogP contribution in [0.4, 0.5) is 17.6 Å². The van der Waals surface area contributed by atoms with Gasteiger partial charge in [0.2, 0.25) is 5.91 Å². The van der Waals surface area contributed by atoms with Crippen LogP contribution in [0.25, 0.3) is 0 Å². The first kappa shape index (κ1) is 22.7. The van der Waals surface area contributed by atoms with Crippen molar-refractivity contribution in [2.24, 2.45) is 10.2 Å². The Hall–Kier alpha value is -2.94. The molecule has 1 amide bonds. The number of alkyl halides is 3. The van der Waals surface area contributed by atoms with E-state index in [0.29, 0.717) is 22.0 Å². The molecular formula is C22H19F4N3OS. The number of rotatable bonds is 6. The standard InChI is InChI=1S/C22H19F4N3OS/c1-3-11-29-20(30)19(13-15-5-4-6-17(12-15)22(24,25)26)31-21(29)28-27-14(2)16-7-9-18(23)10-8-16/h3-10,12,19H,1,11,13H2,2H3. The molecule has 1 fully saturated rings. The number of thioether (sulfide) groups is 1. The van der Waals surface area contributed by atoms with Crippen molar-refractivity contribution in [3.63, 3.8) is 0 Å². The second-order valence-electron chi connectivity index (χ2n) is 6.82. The summed E-state index contributed by atoms with van der Waals surface area (Å²) in [5, 5.41) is 8.03. The van der Waals surface area contributed by atoms with Crippen LogP contribution in [0.5, 0.6) is 0 Å². The smallest absolute Gasteiger partial charge is 0.285 e. The van der Waals surface area contributed by atoms with Crippen molar-refractivity contribution in [3.05, 3.63) is 83.7 Å². The van der Waals surface area contributed by atoms with Crippen molar-refractivity contribution in [2.75, 3.05) is 6.54 Å². The molecule has 162 valence electrons. The predicted octanol–water partition coefficient (Wildman–Crippen LogP) is 5.30. The number of halogens is 4. The molecule has 1 aliphatic heterocycles. The van der Waals surface area contributed by atoms with Crippen LogP contribution < -0.4 is 0 Å². The first-order valence-corrected chi connectivity index (χ1v) is 10.2. The Morgan fingerprint density at radius 3 is 2.58 bits per heavy atom. The van der Waals surface area contributed by atoms with Gasteiger partial charge >= 0.3 is 6.18 Å². The number of benzene rings is 2. The lowest BCUT2D eigenvalue weighted by Crippen LogP contribution is -2.32. The SMILES string of the molecule is C=CCN1C(=O)C(Cc2cccc(C(F)(F)F)c2)SC1=NN=C(C)c1ccc(F)cc1. The molecule has 0 bridgehead atoms. The van der Waals surface area contributed by atoms with Gasteiger partial charge in [0.25, 0.3) is 0 Å². The summed E-state index contributed by atoms with van der Waals surface area (Å²) in [5.74, 6) is -0.634. The van der Waals surface area contributed by atoms with E-state index in [4.69, 9.17) is 0 Å². The van der Waals surface area contributed by atoms with Crippen molar-refractivity contribution in [1.29, 1.82) is 0 Å². The molecule has 1 atom stereocenters. The fourth-order valence-electron chi connectivity index (χ4n) is 2.97. The Bertz CT molecular complexity index is 1030. The van der Waals surface area contributed by atoms with Crippen LogP contribution in [0.15, 0.2) is 71.4 Å². The quantitative estimate of drug-likeness (QED) is 0.260. The van der Waals surface area contributed by atoms with Crippen LogP contribution in [0.2, 0.25) is 0 Å². The maximum Gasteiger partial charge on any atom is 0.416 e. The van der Waals surface area contributed by atoms with Gasteiger partial charge in [0.15, 0.2) is 5.17 Å². The molecule has 2 aromatic carbocycles. The maximum atomic E-state index is 13.1. The van der Waals surface area contributed by atoms with Crippen molar-refractivity contribution in [3.8, 4) is 0 Å². The number of nitrogens with zero attached hydrogens (tertiary/aromatic N) is 3. The molecule has 2 aromatic rings. The van der Waals surface area contributed by atoms with Crippen LogP contribution in [0, 0.1) is 5.82 Å². The molecule has 3 rings (SSSR count). The van der Waals surface area contributed by atoms with Gasteiger partial charge in [-0.1, -0.05) is 48.2 Å². The fourth-order valence-corrected chi connectivity index (χ4v) is 4.11. The van der Waals surface area contributed by atoms with Crippen molar-refractivity contribution < 1.29 is 22.4 Å². The highest BCUT2D eigenvalue weighted by Crippen LogP contribution is 2.33. The second kappa shape index (κ2) is 9.47. The average molecular weight is 449 g/mol. The van der Waals surface area contributed by atoms with Gasteiger partial charge in [-0.15, -0.1) is 11.7 Å². The molecular weight excluding hydrogens is 430 g/mol. The van der Waals surface area contributed by atoms with E-state index in [1.54, 1.807) is 25.1 Å². The Morgan fingerprint density at radius 1 is 1.23 bits per heavy atom. The highest BCUT2D eigenvalue weighted by Gasteiger charge is 2.38. The first-order chi connectivity index (χ1) is 14.7. The molecule has 1 saturated heterocycles. The fraction of sp³-hybridized carbons (Fsp3) is 0.227. The van der Waals surface area contributed by atoms with Gasteiger partial charge in [-0.05, 0) is 42.7 Å². The lowest BCUT2D eigenvalue weighted by Gasteiger charge is -2.13. The molecule has 0 radical (unpaired) electrons. The van der Waals surface area contributed by atoms with Crippen LogP contribution in [-0.2, 0) is 17.4 Å². The summed E-state index contributed by atoms with van der Waals surface area (Å²) in [5.41, 5.74) is 0.861. The molecule has 0 aromatic heterocycles. The molecule has 1 aliphatic rings. The van der Waals surface area contributed by atoms with Crippen molar-refractivity contribution in [1.82, 2.24) is 4.90 Å². The van der Waals surface area contributed by atoms with E-state index in [-0.39, 0.29) is 24.7 Å². The van der Waals surface area contributed by atoms with Gasteiger partial charge in [-0.3, -0.25) is 9.69 Å². The number of carbonyl (C=O) groups is 1. The molecule has 9 heteroatoms. The molecule has 0 saturated carbocycles. The van der Waals surface area contributed by atoms with Crippen molar-refractivity contribution in [2.45, 2.75) is 24.8 Å². The van der Waals surface area contributed by atoms with Crippen LogP contribution >= 0.6 is 11.8 Å². The minimum Gasteiger partial charge on any atom is -0.285 e. The third-order valence-electron chi connectivity index (χ3n) is 4.55. The normalized spacial score (nSPS) is 18.7. The zero-order valence-electron chi connectivity index (χ0n) is 16.6. The van der Waals surface area contributed by atoms with Gasteiger partial charge in [0.1, 0.15) is 5.82 Å². The van der Waals surface area contributed by atoms with Crippen LogP contribution in [-0.4, -0.2) is 33.5 Å². The molecule has 31 heavy (non-hydrogen) atoms. The highest BCUT2D eigenvalue weighted by atomic mass is 32.2. The Labute approximate surface area is 181 Å². The number of carbonyl (C=O) groups excluding carboxylic acids is 1. The van der Waals surface area contributed by atoms with E-state index in [2.05, 4.69) is 16.8 Å². The maximum absolute atomic E-state index is 13.1. The van der Waals surface area contributed by atoms with Gasteiger partial charge in [-0.25, -0.2) is 4.39 Å². The van der Waals surface area contributed by atoms with E-state index < -0.39 is 17.0 Å². The van der Waals surface area contributed by atoms with E-state index >= 15 is 0 Å². The van der Waals surface area contributed by atoms with Crippen molar-refractivity contribution >= 4 is 28.5 Å². The number of amides is 1. The average Bonchev–Trinajstić information content (AvgIpc) is 3.01. The summed E-state index contributed by atoms with van der Waals surface area (Å²) in [6.45, 7) is 5.55. The largest absolute Gasteiger partial charge is 0.416 e. The summed E-state index contributed by atoms with van der Waals surface area (Å²) in [7, 11) is 0. The minimum atomic E-state index is -4.45. The highest BCUT2D eigenvalue weighted by molar-refractivity contribution is 8.15. The van der Waals surface area contributed by atoms with Crippen LogP contribution in [0.1, 0.15) is 23.6 Å². The molecule has 0 N–H and O–H groups in total. The zero-order valence-corrected chi connectivity index (χ0v) is 17.4. The molecule has 4 nitrogen and oxygen atoms in total. The topological polar surface area (TPSA) is 45.0 Å². The Kier molecular flexibility index (Phi) is 6.94. The molecule has 0 aliphatic carbocycles. The third kappa shape index (κ3) is 5.61. The van der Waals surface area contributed by atoms with E-state index in [0.717, 1.165) is 23.9 Å². The lowest BCUT2D eigenvalue weighted by molar-refractivity contribution is -0.137. The number of amidine groups is 1. The number of hydrogen-bond acceptors (Lipinski definition) is 4. The van der Waals surface area contributed by atoms with Gasteiger partial charge in [0.05, 0.1) is 16.5 Å². The molecule has 1 heterocycles.